The highest BCUT2D eigenvalue weighted by Gasteiger charge is 2.10. The van der Waals surface area contributed by atoms with Crippen LogP contribution in [-0.4, -0.2) is 19.0 Å². The summed E-state index contributed by atoms with van der Waals surface area (Å²) in [6, 6.07) is 9.88. The van der Waals surface area contributed by atoms with E-state index in [2.05, 4.69) is 5.32 Å². The number of fused-ring (bicyclic) bond motifs is 1. The Hall–Kier alpha value is -1.81. The molecule has 0 fully saturated rings. The first kappa shape index (κ1) is 12.6. The number of rotatable bonds is 5. The van der Waals surface area contributed by atoms with Gasteiger partial charge in [-0.3, -0.25) is 4.79 Å². The number of hydrogen-bond donors (Lipinski definition) is 2. The van der Waals surface area contributed by atoms with Gasteiger partial charge in [0.25, 0.3) is 0 Å². The van der Waals surface area contributed by atoms with Gasteiger partial charge < -0.3 is 15.5 Å². The number of hydrogen-bond acceptors (Lipinski definition) is 3. The second kappa shape index (κ2) is 5.69. The van der Waals surface area contributed by atoms with Crippen LogP contribution in [0.15, 0.2) is 34.7 Å². The standard InChI is InChI=1S/C14H18N2O2/c1-10(9-15)14(17)16-7-6-12-8-11-4-2-3-5-13(11)18-12/h2-5,8,10H,6-7,9,15H2,1H3,(H,16,17). The Morgan fingerprint density at radius 1 is 1.44 bits per heavy atom. The molecule has 1 heterocycles. The van der Waals surface area contributed by atoms with Gasteiger partial charge in [-0.2, -0.15) is 0 Å². The maximum Gasteiger partial charge on any atom is 0.224 e. The summed E-state index contributed by atoms with van der Waals surface area (Å²) in [5.74, 6) is 0.742. The molecule has 4 nitrogen and oxygen atoms in total. The van der Waals surface area contributed by atoms with Crippen LogP contribution in [0.5, 0.6) is 0 Å². The molecule has 2 aromatic rings. The van der Waals surface area contributed by atoms with Crippen molar-refractivity contribution in [1.82, 2.24) is 5.32 Å². The normalized spacial score (nSPS) is 12.6. The SMILES string of the molecule is CC(CN)C(=O)NCCc1cc2ccccc2o1. The van der Waals surface area contributed by atoms with Crippen molar-refractivity contribution in [3.63, 3.8) is 0 Å². The number of carbonyl (C=O) groups excluding carboxylic acids is 1. The lowest BCUT2D eigenvalue weighted by atomic mass is 10.1. The summed E-state index contributed by atoms with van der Waals surface area (Å²) < 4.78 is 5.66. The number of carbonyl (C=O) groups is 1. The molecule has 1 aromatic heterocycles. The van der Waals surface area contributed by atoms with Crippen LogP contribution in [0, 0.1) is 5.92 Å². The number of nitrogens with two attached hydrogens (primary N) is 1. The van der Waals surface area contributed by atoms with Crippen molar-refractivity contribution in [3.8, 4) is 0 Å². The zero-order valence-corrected chi connectivity index (χ0v) is 10.5. The molecule has 18 heavy (non-hydrogen) atoms. The van der Waals surface area contributed by atoms with Crippen molar-refractivity contribution in [2.75, 3.05) is 13.1 Å². The molecule has 0 bridgehead atoms. The van der Waals surface area contributed by atoms with E-state index in [0.29, 0.717) is 19.5 Å². The predicted octanol–water partition coefficient (Wildman–Crippen LogP) is 1.69. The third-order valence-corrected chi connectivity index (χ3v) is 2.95. The fraction of sp³-hybridized carbons (Fsp3) is 0.357. The molecule has 0 aliphatic heterocycles. The van der Waals surface area contributed by atoms with E-state index >= 15 is 0 Å². The van der Waals surface area contributed by atoms with Crippen LogP contribution < -0.4 is 11.1 Å². The van der Waals surface area contributed by atoms with Gasteiger partial charge in [-0.05, 0) is 12.1 Å². The summed E-state index contributed by atoms with van der Waals surface area (Å²) in [7, 11) is 0. The van der Waals surface area contributed by atoms with Crippen LogP contribution in [0.2, 0.25) is 0 Å². The van der Waals surface area contributed by atoms with E-state index in [0.717, 1.165) is 16.7 Å². The van der Waals surface area contributed by atoms with Gasteiger partial charge in [0.1, 0.15) is 11.3 Å². The molecular weight excluding hydrogens is 228 g/mol. The summed E-state index contributed by atoms with van der Waals surface area (Å²) in [4.78, 5) is 11.5. The van der Waals surface area contributed by atoms with Crippen LogP contribution in [-0.2, 0) is 11.2 Å². The third-order valence-electron chi connectivity index (χ3n) is 2.95. The number of furan rings is 1. The Bertz CT molecular complexity index is 500. The molecule has 0 saturated heterocycles. The lowest BCUT2D eigenvalue weighted by molar-refractivity contribution is -0.124. The summed E-state index contributed by atoms with van der Waals surface area (Å²) in [6.07, 6.45) is 0.692. The van der Waals surface area contributed by atoms with E-state index in [1.807, 2.05) is 37.3 Å². The fourth-order valence-electron chi connectivity index (χ4n) is 1.75. The topological polar surface area (TPSA) is 68.3 Å². The first-order chi connectivity index (χ1) is 8.70. The van der Waals surface area contributed by atoms with Crippen molar-refractivity contribution in [2.24, 2.45) is 11.7 Å². The number of benzene rings is 1. The van der Waals surface area contributed by atoms with Crippen LogP contribution in [0.1, 0.15) is 12.7 Å². The zero-order chi connectivity index (χ0) is 13.0. The number of nitrogens with one attached hydrogen (secondary N) is 1. The molecule has 0 saturated carbocycles. The number of para-hydroxylation sites is 1. The molecule has 1 aromatic carbocycles. The summed E-state index contributed by atoms with van der Waals surface area (Å²) in [5.41, 5.74) is 6.31. The highest BCUT2D eigenvalue weighted by atomic mass is 16.3. The molecule has 0 radical (unpaired) electrons. The van der Waals surface area contributed by atoms with E-state index in [9.17, 15) is 4.79 Å². The lowest BCUT2D eigenvalue weighted by Gasteiger charge is -2.08. The van der Waals surface area contributed by atoms with Crippen molar-refractivity contribution in [2.45, 2.75) is 13.3 Å². The Kier molecular flexibility index (Phi) is 3.99. The molecule has 1 unspecified atom stereocenters. The van der Waals surface area contributed by atoms with Gasteiger partial charge in [-0.25, -0.2) is 0 Å². The Morgan fingerprint density at radius 3 is 2.94 bits per heavy atom. The largest absolute Gasteiger partial charge is 0.461 e. The molecule has 1 atom stereocenters. The molecule has 4 heteroatoms. The molecule has 0 aliphatic rings. The van der Waals surface area contributed by atoms with Crippen LogP contribution in [0.3, 0.4) is 0 Å². The quantitative estimate of drug-likeness (QED) is 0.843. The van der Waals surface area contributed by atoms with E-state index in [4.69, 9.17) is 10.2 Å². The van der Waals surface area contributed by atoms with Gasteiger partial charge in [0.15, 0.2) is 0 Å². The van der Waals surface area contributed by atoms with Crippen molar-refractivity contribution in [1.29, 1.82) is 0 Å². The molecule has 96 valence electrons. The average Bonchev–Trinajstić information content (AvgIpc) is 2.80. The van der Waals surface area contributed by atoms with E-state index in [1.54, 1.807) is 0 Å². The molecule has 0 spiro atoms. The van der Waals surface area contributed by atoms with Crippen molar-refractivity contribution < 1.29 is 9.21 Å². The molecule has 1 amide bonds. The van der Waals surface area contributed by atoms with E-state index < -0.39 is 0 Å². The highest BCUT2D eigenvalue weighted by molar-refractivity contribution is 5.79. The first-order valence-electron chi connectivity index (χ1n) is 6.16. The maximum atomic E-state index is 11.5. The van der Waals surface area contributed by atoms with Gasteiger partial charge >= 0.3 is 0 Å². The fourth-order valence-corrected chi connectivity index (χ4v) is 1.75. The van der Waals surface area contributed by atoms with E-state index in [1.165, 1.54) is 0 Å². The minimum absolute atomic E-state index is 0.00592. The van der Waals surface area contributed by atoms with Gasteiger partial charge in [0.05, 0.1) is 0 Å². The zero-order valence-electron chi connectivity index (χ0n) is 10.5. The first-order valence-corrected chi connectivity index (χ1v) is 6.16. The highest BCUT2D eigenvalue weighted by Crippen LogP contribution is 2.18. The van der Waals surface area contributed by atoms with Crippen molar-refractivity contribution in [3.05, 3.63) is 36.1 Å². The van der Waals surface area contributed by atoms with Crippen LogP contribution >= 0.6 is 0 Å². The summed E-state index contributed by atoms with van der Waals surface area (Å²) >= 11 is 0. The van der Waals surface area contributed by atoms with Gasteiger partial charge in [0, 0.05) is 30.8 Å². The summed E-state index contributed by atoms with van der Waals surface area (Å²) in [5, 5.41) is 3.94. The Labute approximate surface area is 106 Å². The second-order valence-electron chi connectivity index (χ2n) is 4.43. The number of amides is 1. The van der Waals surface area contributed by atoms with Gasteiger partial charge in [0.2, 0.25) is 5.91 Å². The minimum atomic E-state index is -0.138. The summed E-state index contributed by atoms with van der Waals surface area (Å²) in [6.45, 7) is 2.76. The lowest BCUT2D eigenvalue weighted by Crippen LogP contribution is -2.34. The van der Waals surface area contributed by atoms with Gasteiger partial charge in [-0.1, -0.05) is 25.1 Å². The second-order valence-corrected chi connectivity index (χ2v) is 4.43. The Balaban J connectivity index is 1.89. The molecular formula is C14H18N2O2. The van der Waals surface area contributed by atoms with E-state index in [-0.39, 0.29) is 11.8 Å². The van der Waals surface area contributed by atoms with Crippen LogP contribution in [0.4, 0.5) is 0 Å². The van der Waals surface area contributed by atoms with Crippen molar-refractivity contribution >= 4 is 16.9 Å². The molecule has 2 rings (SSSR count). The van der Waals surface area contributed by atoms with Crippen LogP contribution in [0.25, 0.3) is 11.0 Å². The average molecular weight is 246 g/mol. The third kappa shape index (κ3) is 2.90. The maximum absolute atomic E-state index is 11.5. The minimum Gasteiger partial charge on any atom is -0.461 e. The molecule has 0 aliphatic carbocycles. The monoisotopic (exact) mass is 246 g/mol. The smallest absolute Gasteiger partial charge is 0.224 e. The van der Waals surface area contributed by atoms with Gasteiger partial charge in [-0.15, -0.1) is 0 Å². The molecule has 3 N–H and O–H groups in total. The predicted molar refractivity (Wildman–Crippen MR) is 71.1 cm³/mol. The Morgan fingerprint density at radius 2 is 2.22 bits per heavy atom.